The van der Waals surface area contributed by atoms with Crippen molar-refractivity contribution < 1.29 is 4.74 Å². The molecule has 0 saturated carbocycles. The average Bonchev–Trinajstić information content (AvgIpc) is 2.89. The van der Waals surface area contributed by atoms with Crippen molar-refractivity contribution in [1.29, 1.82) is 0 Å². The molecule has 19 heavy (non-hydrogen) atoms. The standard InChI is InChI=1S/C15H23ClN2O/c1-3-15-12(6-8-19-15)14(18-4-2)9-11-5-7-17-10-13(11)16/h5,7,10,12,14-15,18H,3-4,6,8-9H2,1-2H3. The molecule has 2 rings (SSSR count). The van der Waals surface area contributed by atoms with Gasteiger partial charge in [-0.05, 0) is 37.4 Å². The van der Waals surface area contributed by atoms with Crippen molar-refractivity contribution in [3.05, 3.63) is 29.0 Å². The van der Waals surface area contributed by atoms with E-state index < -0.39 is 0 Å². The number of pyridine rings is 1. The van der Waals surface area contributed by atoms with Crippen LogP contribution >= 0.6 is 11.6 Å². The Morgan fingerprint density at radius 2 is 2.37 bits per heavy atom. The molecule has 0 spiro atoms. The summed E-state index contributed by atoms with van der Waals surface area (Å²) in [5.41, 5.74) is 1.17. The Labute approximate surface area is 120 Å². The highest BCUT2D eigenvalue weighted by Crippen LogP contribution is 2.29. The number of likely N-dealkylation sites (N-methyl/N-ethyl adjacent to an activating group) is 1. The van der Waals surface area contributed by atoms with Gasteiger partial charge in [0.25, 0.3) is 0 Å². The maximum Gasteiger partial charge on any atom is 0.0621 e. The van der Waals surface area contributed by atoms with E-state index in [0.29, 0.717) is 18.1 Å². The van der Waals surface area contributed by atoms with E-state index >= 15 is 0 Å². The summed E-state index contributed by atoms with van der Waals surface area (Å²) in [4.78, 5) is 4.05. The molecule has 0 radical (unpaired) electrons. The molecule has 0 aromatic carbocycles. The normalized spacial score (nSPS) is 24.6. The SMILES string of the molecule is CCNC(Cc1ccncc1Cl)C1CCOC1CC. The van der Waals surface area contributed by atoms with Gasteiger partial charge >= 0.3 is 0 Å². The van der Waals surface area contributed by atoms with Crippen molar-refractivity contribution in [2.75, 3.05) is 13.2 Å². The van der Waals surface area contributed by atoms with E-state index in [2.05, 4.69) is 24.1 Å². The highest BCUT2D eigenvalue weighted by atomic mass is 35.5. The number of nitrogens with one attached hydrogen (secondary N) is 1. The molecule has 1 N–H and O–H groups in total. The Balaban J connectivity index is 2.09. The molecule has 3 atom stereocenters. The minimum atomic E-state index is 0.379. The second kappa shape index (κ2) is 7.22. The Hall–Kier alpha value is -0.640. The fourth-order valence-corrected chi connectivity index (χ4v) is 3.19. The third-order valence-electron chi connectivity index (χ3n) is 3.94. The summed E-state index contributed by atoms with van der Waals surface area (Å²) in [6, 6.07) is 2.45. The lowest BCUT2D eigenvalue weighted by molar-refractivity contribution is 0.0776. The van der Waals surface area contributed by atoms with Crippen LogP contribution in [-0.2, 0) is 11.2 Å². The summed E-state index contributed by atoms with van der Waals surface area (Å²) in [7, 11) is 0. The van der Waals surface area contributed by atoms with Gasteiger partial charge in [-0.3, -0.25) is 4.98 Å². The number of rotatable bonds is 6. The van der Waals surface area contributed by atoms with Crippen molar-refractivity contribution in [3.63, 3.8) is 0 Å². The zero-order valence-corrected chi connectivity index (χ0v) is 12.5. The van der Waals surface area contributed by atoms with Crippen molar-refractivity contribution >= 4 is 11.6 Å². The molecule has 3 nitrogen and oxygen atoms in total. The zero-order chi connectivity index (χ0) is 13.7. The molecule has 0 amide bonds. The smallest absolute Gasteiger partial charge is 0.0621 e. The average molecular weight is 283 g/mol. The van der Waals surface area contributed by atoms with Crippen LogP contribution in [0, 0.1) is 5.92 Å². The van der Waals surface area contributed by atoms with Gasteiger partial charge in [-0.1, -0.05) is 25.4 Å². The van der Waals surface area contributed by atoms with E-state index in [1.807, 2.05) is 12.3 Å². The number of ether oxygens (including phenoxy) is 1. The van der Waals surface area contributed by atoms with Gasteiger partial charge < -0.3 is 10.1 Å². The summed E-state index contributed by atoms with van der Waals surface area (Å²) in [5.74, 6) is 0.578. The maximum atomic E-state index is 6.22. The summed E-state index contributed by atoms with van der Waals surface area (Å²) >= 11 is 6.22. The lowest BCUT2D eigenvalue weighted by Gasteiger charge is -2.28. The van der Waals surface area contributed by atoms with Crippen LogP contribution in [0.1, 0.15) is 32.3 Å². The predicted octanol–water partition coefficient (Wildman–Crippen LogP) is 3.07. The van der Waals surface area contributed by atoms with Crippen LogP contribution in [0.5, 0.6) is 0 Å². The number of halogens is 1. The molecule has 1 fully saturated rings. The van der Waals surface area contributed by atoms with Gasteiger partial charge in [0, 0.05) is 31.0 Å². The number of hydrogen-bond acceptors (Lipinski definition) is 3. The molecule has 0 aliphatic carbocycles. The molecule has 4 heteroatoms. The van der Waals surface area contributed by atoms with E-state index in [9.17, 15) is 0 Å². The Morgan fingerprint density at radius 3 is 3.05 bits per heavy atom. The molecular weight excluding hydrogens is 260 g/mol. The highest BCUT2D eigenvalue weighted by Gasteiger charge is 2.33. The van der Waals surface area contributed by atoms with E-state index in [4.69, 9.17) is 16.3 Å². The number of aromatic nitrogens is 1. The quantitative estimate of drug-likeness (QED) is 0.871. The van der Waals surface area contributed by atoms with Crippen LogP contribution in [0.2, 0.25) is 5.02 Å². The van der Waals surface area contributed by atoms with Crippen molar-refractivity contribution in [2.45, 2.75) is 45.3 Å². The lowest BCUT2D eigenvalue weighted by Crippen LogP contribution is -2.41. The Kier molecular flexibility index (Phi) is 5.61. The Morgan fingerprint density at radius 1 is 1.53 bits per heavy atom. The molecule has 3 unspecified atom stereocenters. The third-order valence-corrected chi connectivity index (χ3v) is 4.28. The number of nitrogens with zero attached hydrogens (tertiary/aromatic N) is 1. The molecule has 1 aromatic rings. The third kappa shape index (κ3) is 3.68. The fraction of sp³-hybridized carbons (Fsp3) is 0.667. The first kappa shape index (κ1) is 14.8. The van der Waals surface area contributed by atoms with Crippen LogP contribution < -0.4 is 5.32 Å². The van der Waals surface area contributed by atoms with E-state index in [0.717, 1.165) is 37.4 Å². The molecule has 1 aliphatic rings. The second-order valence-electron chi connectivity index (χ2n) is 5.11. The van der Waals surface area contributed by atoms with Gasteiger partial charge in [-0.25, -0.2) is 0 Å². The monoisotopic (exact) mass is 282 g/mol. The summed E-state index contributed by atoms with van der Waals surface area (Å²) in [6.07, 6.45) is 7.08. The van der Waals surface area contributed by atoms with Crippen molar-refractivity contribution in [3.8, 4) is 0 Å². The first-order valence-corrected chi connectivity index (χ1v) is 7.57. The van der Waals surface area contributed by atoms with Crippen LogP contribution in [-0.4, -0.2) is 30.3 Å². The van der Waals surface area contributed by atoms with Gasteiger partial charge in [0.05, 0.1) is 11.1 Å². The fourth-order valence-electron chi connectivity index (χ4n) is 2.99. The largest absolute Gasteiger partial charge is 0.378 e. The van der Waals surface area contributed by atoms with Crippen molar-refractivity contribution in [1.82, 2.24) is 10.3 Å². The van der Waals surface area contributed by atoms with E-state index in [1.165, 1.54) is 5.56 Å². The zero-order valence-electron chi connectivity index (χ0n) is 11.7. The van der Waals surface area contributed by atoms with Crippen LogP contribution in [0.15, 0.2) is 18.5 Å². The number of hydrogen-bond donors (Lipinski definition) is 1. The molecule has 2 heterocycles. The summed E-state index contributed by atoms with van der Waals surface area (Å²) < 4.78 is 5.82. The molecule has 0 bridgehead atoms. The first-order valence-electron chi connectivity index (χ1n) is 7.19. The van der Waals surface area contributed by atoms with Crippen LogP contribution in [0.25, 0.3) is 0 Å². The molecular formula is C15H23ClN2O. The van der Waals surface area contributed by atoms with E-state index in [-0.39, 0.29) is 0 Å². The van der Waals surface area contributed by atoms with Crippen LogP contribution in [0.3, 0.4) is 0 Å². The topological polar surface area (TPSA) is 34.2 Å². The van der Waals surface area contributed by atoms with Gasteiger partial charge in [0.1, 0.15) is 0 Å². The van der Waals surface area contributed by atoms with Gasteiger partial charge in [0.2, 0.25) is 0 Å². The Bertz CT molecular complexity index is 399. The summed E-state index contributed by atoms with van der Waals surface area (Å²) in [5, 5.41) is 4.37. The van der Waals surface area contributed by atoms with Crippen LogP contribution in [0.4, 0.5) is 0 Å². The first-order chi connectivity index (χ1) is 9.26. The van der Waals surface area contributed by atoms with E-state index in [1.54, 1.807) is 6.20 Å². The minimum absolute atomic E-state index is 0.379. The van der Waals surface area contributed by atoms with Gasteiger partial charge in [0.15, 0.2) is 0 Å². The molecule has 1 aromatic heterocycles. The van der Waals surface area contributed by atoms with Crippen molar-refractivity contribution in [2.24, 2.45) is 5.92 Å². The summed E-state index contributed by atoms with van der Waals surface area (Å²) in [6.45, 7) is 6.21. The molecule has 1 aliphatic heterocycles. The maximum absolute atomic E-state index is 6.22. The second-order valence-corrected chi connectivity index (χ2v) is 5.51. The lowest BCUT2D eigenvalue weighted by atomic mass is 9.87. The molecule has 1 saturated heterocycles. The van der Waals surface area contributed by atoms with Gasteiger partial charge in [-0.2, -0.15) is 0 Å². The highest BCUT2D eigenvalue weighted by molar-refractivity contribution is 6.31. The molecule has 106 valence electrons. The minimum Gasteiger partial charge on any atom is -0.378 e. The van der Waals surface area contributed by atoms with Gasteiger partial charge in [-0.15, -0.1) is 0 Å². The predicted molar refractivity (Wildman–Crippen MR) is 78.6 cm³/mol.